The molecule has 2 aromatic rings. The predicted octanol–water partition coefficient (Wildman–Crippen LogP) is 3.73. The van der Waals surface area contributed by atoms with Gasteiger partial charge in [-0.05, 0) is 37.1 Å². The first-order valence-electron chi connectivity index (χ1n) is 6.92. The third-order valence-corrected chi connectivity index (χ3v) is 3.57. The smallest absolute Gasteiger partial charge is 0.153 e. The normalized spacial score (nSPS) is 10.8. The number of ether oxygens (including phenoxy) is 1. The van der Waals surface area contributed by atoms with Crippen molar-refractivity contribution in [1.29, 1.82) is 0 Å². The second-order valence-electron chi connectivity index (χ2n) is 4.73. The molecule has 0 atom stereocenters. The molecule has 0 aliphatic heterocycles. The SMILES string of the molecule is CCC(CC)n1cc(C=O)c(-c2ccc(OC)cc2)n1. The molecule has 4 heteroatoms. The van der Waals surface area contributed by atoms with Crippen molar-refractivity contribution in [1.82, 2.24) is 9.78 Å². The number of hydrogen-bond donors (Lipinski definition) is 0. The minimum atomic E-state index is 0.334. The molecule has 0 spiro atoms. The van der Waals surface area contributed by atoms with E-state index in [9.17, 15) is 4.79 Å². The van der Waals surface area contributed by atoms with Gasteiger partial charge < -0.3 is 4.74 Å². The summed E-state index contributed by atoms with van der Waals surface area (Å²) in [5.41, 5.74) is 2.29. The molecule has 0 aliphatic carbocycles. The first kappa shape index (κ1) is 14.3. The lowest BCUT2D eigenvalue weighted by Crippen LogP contribution is -2.07. The number of carbonyl (C=O) groups is 1. The maximum Gasteiger partial charge on any atom is 0.153 e. The van der Waals surface area contributed by atoms with E-state index in [1.54, 1.807) is 7.11 Å². The Bertz CT molecular complexity index is 569. The Morgan fingerprint density at radius 1 is 1.25 bits per heavy atom. The summed E-state index contributed by atoms with van der Waals surface area (Å²) in [5, 5.41) is 4.59. The van der Waals surface area contributed by atoms with Gasteiger partial charge in [0.15, 0.2) is 6.29 Å². The number of hydrogen-bond acceptors (Lipinski definition) is 3. The van der Waals surface area contributed by atoms with E-state index in [4.69, 9.17) is 4.74 Å². The van der Waals surface area contributed by atoms with Gasteiger partial charge in [0.2, 0.25) is 0 Å². The van der Waals surface area contributed by atoms with E-state index in [1.807, 2.05) is 35.1 Å². The van der Waals surface area contributed by atoms with Crippen LogP contribution in [-0.4, -0.2) is 23.2 Å². The molecule has 2 rings (SSSR count). The number of methoxy groups -OCH3 is 1. The molecular formula is C16H20N2O2. The Labute approximate surface area is 119 Å². The third-order valence-electron chi connectivity index (χ3n) is 3.57. The number of rotatable bonds is 6. The Hall–Kier alpha value is -2.10. The second kappa shape index (κ2) is 6.37. The molecule has 0 bridgehead atoms. The van der Waals surface area contributed by atoms with Crippen LogP contribution in [-0.2, 0) is 0 Å². The summed E-state index contributed by atoms with van der Waals surface area (Å²) in [5.74, 6) is 0.792. The van der Waals surface area contributed by atoms with E-state index >= 15 is 0 Å². The van der Waals surface area contributed by atoms with E-state index in [-0.39, 0.29) is 0 Å². The van der Waals surface area contributed by atoms with Gasteiger partial charge >= 0.3 is 0 Å². The van der Waals surface area contributed by atoms with Crippen molar-refractivity contribution in [3.8, 4) is 17.0 Å². The van der Waals surface area contributed by atoms with Gasteiger partial charge in [-0.3, -0.25) is 9.48 Å². The summed E-state index contributed by atoms with van der Waals surface area (Å²) in [6.07, 6.45) is 4.70. The van der Waals surface area contributed by atoms with Crippen LogP contribution in [0, 0.1) is 0 Å². The zero-order valence-electron chi connectivity index (χ0n) is 12.2. The van der Waals surface area contributed by atoms with Gasteiger partial charge in [-0.2, -0.15) is 5.10 Å². The van der Waals surface area contributed by atoms with Gasteiger partial charge in [-0.1, -0.05) is 13.8 Å². The van der Waals surface area contributed by atoms with Crippen LogP contribution in [0.3, 0.4) is 0 Å². The van der Waals surface area contributed by atoms with Crippen LogP contribution < -0.4 is 4.74 Å². The predicted molar refractivity (Wildman–Crippen MR) is 79.2 cm³/mol. The van der Waals surface area contributed by atoms with Gasteiger partial charge in [-0.25, -0.2) is 0 Å². The van der Waals surface area contributed by atoms with Crippen LogP contribution >= 0.6 is 0 Å². The van der Waals surface area contributed by atoms with Gasteiger partial charge in [0.05, 0.1) is 18.7 Å². The number of nitrogens with zero attached hydrogens (tertiary/aromatic N) is 2. The molecule has 0 fully saturated rings. The molecule has 0 aliphatic rings. The summed E-state index contributed by atoms with van der Waals surface area (Å²) >= 11 is 0. The number of aromatic nitrogens is 2. The fraction of sp³-hybridized carbons (Fsp3) is 0.375. The number of benzene rings is 1. The zero-order valence-corrected chi connectivity index (χ0v) is 12.2. The molecule has 0 radical (unpaired) electrons. The standard InChI is InChI=1S/C16H20N2O2/c1-4-14(5-2)18-10-13(11-19)16(17-18)12-6-8-15(20-3)9-7-12/h6-11,14H,4-5H2,1-3H3. The molecule has 0 unspecified atom stereocenters. The highest BCUT2D eigenvalue weighted by atomic mass is 16.5. The lowest BCUT2D eigenvalue weighted by atomic mass is 10.1. The monoisotopic (exact) mass is 272 g/mol. The van der Waals surface area contributed by atoms with Crippen LogP contribution in [0.2, 0.25) is 0 Å². The summed E-state index contributed by atoms with van der Waals surface area (Å²) in [7, 11) is 1.63. The Balaban J connectivity index is 2.41. The first-order chi connectivity index (χ1) is 9.73. The van der Waals surface area contributed by atoms with Crippen molar-refractivity contribution >= 4 is 6.29 Å². The Kier molecular flexibility index (Phi) is 4.56. The van der Waals surface area contributed by atoms with Crippen molar-refractivity contribution in [2.24, 2.45) is 0 Å². The maximum absolute atomic E-state index is 11.3. The molecule has 0 saturated carbocycles. The van der Waals surface area contributed by atoms with E-state index in [0.717, 1.165) is 36.1 Å². The van der Waals surface area contributed by atoms with Crippen LogP contribution in [0.5, 0.6) is 5.75 Å². The largest absolute Gasteiger partial charge is 0.497 e. The molecule has 1 heterocycles. The summed E-state index contributed by atoms with van der Waals surface area (Å²) in [4.78, 5) is 11.3. The van der Waals surface area contributed by atoms with Crippen LogP contribution in [0.4, 0.5) is 0 Å². The molecular weight excluding hydrogens is 252 g/mol. The third kappa shape index (κ3) is 2.74. The molecule has 0 amide bonds. The minimum Gasteiger partial charge on any atom is -0.497 e. The average molecular weight is 272 g/mol. The van der Waals surface area contributed by atoms with E-state index in [1.165, 1.54) is 0 Å². The van der Waals surface area contributed by atoms with Crippen molar-refractivity contribution in [2.45, 2.75) is 32.7 Å². The molecule has 20 heavy (non-hydrogen) atoms. The van der Waals surface area contributed by atoms with Crippen LogP contribution in [0.1, 0.15) is 43.1 Å². The lowest BCUT2D eigenvalue weighted by molar-refractivity contribution is 0.112. The van der Waals surface area contributed by atoms with Gasteiger partial charge in [-0.15, -0.1) is 0 Å². The minimum absolute atomic E-state index is 0.334. The number of aldehydes is 1. The summed E-state index contributed by atoms with van der Waals surface area (Å²) in [6, 6.07) is 7.93. The second-order valence-corrected chi connectivity index (χ2v) is 4.73. The van der Waals surface area contributed by atoms with Gasteiger partial charge in [0, 0.05) is 11.8 Å². The van der Waals surface area contributed by atoms with E-state index in [2.05, 4.69) is 18.9 Å². The maximum atomic E-state index is 11.3. The molecule has 0 saturated heterocycles. The van der Waals surface area contributed by atoms with Gasteiger partial charge in [0.25, 0.3) is 0 Å². The van der Waals surface area contributed by atoms with Gasteiger partial charge in [0.1, 0.15) is 11.4 Å². The molecule has 1 aromatic heterocycles. The average Bonchev–Trinajstić information content (AvgIpc) is 2.93. The van der Waals surface area contributed by atoms with Crippen LogP contribution in [0.25, 0.3) is 11.3 Å². The highest BCUT2D eigenvalue weighted by Crippen LogP contribution is 2.26. The highest BCUT2D eigenvalue weighted by Gasteiger charge is 2.14. The molecule has 1 aromatic carbocycles. The Morgan fingerprint density at radius 2 is 1.90 bits per heavy atom. The van der Waals surface area contributed by atoms with Crippen molar-refractivity contribution < 1.29 is 9.53 Å². The van der Waals surface area contributed by atoms with E-state index in [0.29, 0.717) is 11.6 Å². The topological polar surface area (TPSA) is 44.1 Å². The van der Waals surface area contributed by atoms with Crippen LogP contribution in [0.15, 0.2) is 30.5 Å². The first-order valence-corrected chi connectivity index (χ1v) is 6.92. The lowest BCUT2D eigenvalue weighted by Gasteiger charge is -2.12. The molecule has 4 nitrogen and oxygen atoms in total. The summed E-state index contributed by atoms with van der Waals surface area (Å²) < 4.78 is 7.05. The van der Waals surface area contributed by atoms with Crippen molar-refractivity contribution in [3.63, 3.8) is 0 Å². The fourth-order valence-corrected chi connectivity index (χ4v) is 2.32. The fourth-order valence-electron chi connectivity index (χ4n) is 2.32. The zero-order chi connectivity index (χ0) is 14.5. The summed E-state index contributed by atoms with van der Waals surface area (Å²) in [6.45, 7) is 4.26. The molecule has 0 N–H and O–H groups in total. The molecule has 106 valence electrons. The highest BCUT2D eigenvalue weighted by molar-refractivity contribution is 5.85. The quantitative estimate of drug-likeness (QED) is 0.752. The number of carbonyl (C=O) groups excluding carboxylic acids is 1. The van der Waals surface area contributed by atoms with Crippen molar-refractivity contribution in [2.75, 3.05) is 7.11 Å². The van der Waals surface area contributed by atoms with Crippen molar-refractivity contribution in [3.05, 3.63) is 36.0 Å². The Morgan fingerprint density at radius 3 is 2.40 bits per heavy atom. The van der Waals surface area contributed by atoms with E-state index < -0.39 is 0 Å².